The predicted molar refractivity (Wildman–Crippen MR) is 317 cm³/mol. The van der Waals surface area contributed by atoms with Crippen molar-refractivity contribution in [2.24, 2.45) is 23.7 Å². The van der Waals surface area contributed by atoms with Gasteiger partial charge in [-0.1, -0.05) is 104 Å². The zero-order valence-electron chi connectivity index (χ0n) is 51.6. The summed E-state index contributed by atoms with van der Waals surface area (Å²) in [5.74, 6) is -5.64. The van der Waals surface area contributed by atoms with E-state index in [0.29, 0.717) is 48.4 Å². The van der Waals surface area contributed by atoms with Crippen LogP contribution in [0.5, 0.6) is 0 Å². The van der Waals surface area contributed by atoms with E-state index >= 15 is 0 Å². The number of likely N-dealkylation sites (tertiary alicyclic amines) is 1. The fraction of sp³-hybridized carbons (Fsp3) is 0.629. The SMILES string of the molecule is CC[C@H](C)[C@@H]([C@@H](CC(=O)N1CCC[C@H]1[C@H](OC)[C@@H](C)C(=O)N[C@H](C)[C@@H](O)c1ccccc1)OC)N(C)C(=O)[C@@H](NC(=O)[C@H](C(C)C)N(C)C(=O)OCc1ccc(NC(=O)OC2/C=C/CCCCC2)c(NCC(=O)ON2C(=O)CCC2=O)c1)C(C)C. The summed E-state index contributed by atoms with van der Waals surface area (Å²) in [6, 6.07) is 9.81. The number of amides is 8. The molecule has 470 valence electrons. The monoisotopic (exact) mass is 1190 g/mol. The molecule has 5 rings (SSSR count). The normalized spacial score (nSPS) is 19.8. The summed E-state index contributed by atoms with van der Waals surface area (Å²) in [6.07, 6.45) is 5.47. The van der Waals surface area contributed by atoms with Crippen LogP contribution in [0.1, 0.15) is 143 Å². The number of hydrogen-bond acceptors (Lipinski definition) is 16. The maximum absolute atomic E-state index is 14.8. The molecule has 1 aliphatic carbocycles. The zero-order valence-corrected chi connectivity index (χ0v) is 51.6. The number of hydroxylamine groups is 2. The Kier molecular flexibility index (Phi) is 26.6. The highest BCUT2D eigenvalue weighted by atomic mass is 16.7. The molecule has 0 spiro atoms. The standard InChI is InChI=1S/C62H92N8O15/c1-13-39(6)55(48(81-11)34-51(73)69-32-22-27-47(69)57(82-12)40(7)58(76)64-41(8)56(75)43-23-18-17-19-24-43)67(9)60(78)53(37(2)3)66-59(77)54(38(4)5)68(10)62(80)83-36-42-28-29-45(65-61(79)84-44-25-20-15-14-16-21-26-44)46(33-42)63-35-52(74)85-70-49(71)30-31-50(70)72/h17-20,23-25,28-29,33,37-41,44,47-48,53-57,63,75H,13-16,21-22,26-27,30-32,34-36H2,1-12H3,(H,64,76)(H,65,79)(H,66,77)/b25-20+/t39-,40+,41+,44?,47-,48+,53-,54-,55-,56+,57+/m0/s1. The summed E-state index contributed by atoms with van der Waals surface area (Å²) < 4.78 is 23.5. The van der Waals surface area contributed by atoms with E-state index < -0.39 is 121 Å². The predicted octanol–water partition coefficient (Wildman–Crippen LogP) is 7.04. The first-order valence-electron chi connectivity index (χ1n) is 29.8. The fourth-order valence-electron chi connectivity index (χ4n) is 11.3. The van der Waals surface area contributed by atoms with Crippen molar-refractivity contribution in [2.75, 3.05) is 52.0 Å². The second-order valence-electron chi connectivity index (χ2n) is 23.2. The van der Waals surface area contributed by atoms with Gasteiger partial charge in [0.05, 0.1) is 60.2 Å². The summed E-state index contributed by atoms with van der Waals surface area (Å²) >= 11 is 0. The zero-order chi connectivity index (χ0) is 62.7. The van der Waals surface area contributed by atoms with Crippen molar-refractivity contribution in [3.8, 4) is 0 Å². The first-order chi connectivity index (χ1) is 40.4. The van der Waals surface area contributed by atoms with Crippen LogP contribution in [-0.2, 0) is 64.0 Å². The van der Waals surface area contributed by atoms with Gasteiger partial charge in [-0.05, 0) is 92.5 Å². The Morgan fingerprint density at radius 2 is 1.48 bits per heavy atom. The number of nitrogens with zero attached hydrogens (tertiary/aromatic N) is 4. The molecule has 23 heteroatoms. The molecule has 5 N–H and O–H groups in total. The van der Waals surface area contributed by atoms with Crippen LogP contribution in [0.25, 0.3) is 0 Å². The molecular formula is C62H92N8O15. The number of allylic oxidation sites excluding steroid dienone is 1. The summed E-state index contributed by atoms with van der Waals surface area (Å²) in [5, 5.41) is 22.8. The van der Waals surface area contributed by atoms with Gasteiger partial charge in [0.2, 0.25) is 23.6 Å². The van der Waals surface area contributed by atoms with Gasteiger partial charge < -0.3 is 54.6 Å². The van der Waals surface area contributed by atoms with E-state index in [-0.39, 0.29) is 55.0 Å². The van der Waals surface area contributed by atoms with Gasteiger partial charge in [0.15, 0.2) is 0 Å². The minimum Gasteiger partial charge on any atom is -0.445 e. The lowest BCUT2D eigenvalue weighted by Gasteiger charge is -2.41. The fourth-order valence-corrected chi connectivity index (χ4v) is 11.3. The Balaban J connectivity index is 1.25. The lowest BCUT2D eigenvalue weighted by atomic mass is 9.89. The average Bonchev–Trinajstić information content (AvgIpc) is 4.29. The number of anilines is 2. The minimum absolute atomic E-state index is 0.0876. The smallest absolute Gasteiger partial charge is 0.412 e. The molecule has 2 aliphatic heterocycles. The van der Waals surface area contributed by atoms with E-state index in [4.69, 9.17) is 23.8 Å². The lowest BCUT2D eigenvalue weighted by Crippen LogP contribution is -2.60. The average molecular weight is 1190 g/mol. The molecule has 2 fully saturated rings. The number of imide groups is 1. The van der Waals surface area contributed by atoms with Crippen molar-refractivity contribution >= 4 is 65.0 Å². The Bertz CT molecular complexity index is 2620. The van der Waals surface area contributed by atoms with E-state index in [1.54, 1.807) is 76.6 Å². The Hall–Kier alpha value is -7.11. The third kappa shape index (κ3) is 18.9. The van der Waals surface area contributed by atoms with Gasteiger partial charge in [0.1, 0.15) is 31.3 Å². The molecule has 0 radical (unpaired) electrons. The van der Waals surface area contributed by atoms with Crippen molar-refractivity contribution < 1.29 is 72.0 Å². The van der Waals surface area contributed by atoms with Crippen LogP contribution in [-0.4, -0.2) is 168 Å². The topological polar surface area (TPSA) is 281 Å². The lowest BCUT2D eigenvalue weighted by molar-refractivity contribution is -0.196. The van der Waals surface area contributed by atoms with E-state index in [9.17, 15) is 48.3 Å². The number of ether oxygens (including phenoxy) is 4. The number of nitrogens with one attached hydrogen (secondary N) is 4. The van der Waals surface area contributed by atoms with E-state index in [1.165, 1.54) is 33.4 Å². The second kappa shape index (κ2) is 33.0. The van der Waals surface area contributed by atoms with Crippen LogP contribution in [0.4, 0.5) is 21.0 Å². The molecule has 85 heavy (non-hydrogen) atoms. The third-order valence-electron chi connectivity index (χ3n) is 16.4. The highest BCUT2D eigenvalue weighted by Gasteiger charge is 2.44. The molecule has 23 nitrogen and oxygen atoms in total. The number of likely N-dealkylation sites (N-methyl/N-ethyl adjacent to an activating group) is 2. The molecule has 0 bridgehead atoms. The minimum atomic E-state index is -1.12. The van der Waals surface area contributed by atoms with Gasteiger partial charge in [-0.15, -0.1) is 5.06 Å². The third-order valence-corrected chi connectivity index (χ3v) is 16.4. The summed E-state index contributed by atoms with van der Waals surface area (Å²) in [5.41, 5.74) is 1.45. The Morgan fingerprint density at radius 3 is 2.12 bits per heavy atom. The number of carbonyl (C=O) groups is 9. The van der Waals surface area contributed by atoms with Crippen LogP contribution in [0.15, 0.2) is 60.7 Å². The van der Waals surface area contributed by atoms with Gasteiger partial charge in [-0.2, -0.15) is 0 Å². The number of methoxy groups -OCH3 is 2. The van der Waals surface area contributed by atoms with Crippen LogP contribution in [0, 0.1) is 23.7 Å². The summed E-state index contributed by atoms with van der Waals surface area (Å²) in [4.78, 5) is 131. The molecule has 2 saturated heterocycles. The largest absolute Gasteiger partial charge is 0.445 e. The van der Waals surface area contributed by atoms with Gasteiger partial charge in [0, 0.05) is 47.7 Å². The van der Waals surface area contributed by atoms with Crippen molar-refractivity contribution in [3.63, 3.8) is 0 Å². The molecule has 0 aromatic heterocycles. The maximum atomic E-state index is 14.8. The van der Waals surface area contributed by atoms with Crippen molar-refractivity contribution in [3.05, 3.63) is 71.8 Å². The quantitative estimate of drug-likeness (QED) is 0.0422. The van der Waals surface area contributed by atoms with Crippen LogP contribution >= 0.6 is 0 Å². The second-order valence-corrected chi connectivity index (χ2v) is 23.2. The molecule has 2 aromatic carbocycles. The van der Waals surface area contributed by atoms with Gasteiger partial charge in [-0.25, -0.2) is 14.4 Å². The number of hydrogen-bond donors (Lipinski definition) is 5. The molecule has 8 amide bonds. The first-order valence-corrected chi connectivity index (χ1v) is 29.8. The molecule has 2 aromatic rings. The van der Waals surface area contributed by atoms with Crippen molar-refractivity contribution in [1.82, 2.24) is 30.4 Å². The number of aliphatic hydroxyl groups excluding tert-OH is 1. The van der Waals surface area contributed by atoms with E-state index in [2.05, 4.69) is 21.3 Å². The van der Waals surface area contributed by atoms with E-state index in [1.807, 2.05) is 44.2 Å². The molecule has 3 aliphatic rings. The summed E-state index contributed by atoms with van der Waals surface area (Å²) in [6.45, 7) is 14.1. The Morgan fingerprint density at radius 1 is 0.788 bits per heavy atom. The van der Waals surface area contributed by atoms with Crippen LogP contribution in [0.3, 0.4) is 0 Å². The number of benzene rings is 2. The molecule has 2 heterocycles. The number of aliphatic hydroxyl groups is 1. The van der Waals surface area contributed by atoms with Crippen molar-refractivity contribution in [1.29, 1.82) is 0 Å². The number of carbonyl (C=O) groups excluding carboxylic acids is 9. The Labute approximate surface area is 500 Å². The molecule has 1 unspecified atom stereocenters. The number of rotatable bonds is 28. The highest BCUT2D eigenvalue weighted by molar-refractivity contribution is 6.02. The van der Waals surface area contributed by atoms with Crippen LogP contribution < -0.4 is 21.3 Å². The summed E-state index contributed by atoms with van der Waals surface area (Å²) in [7, 11) is 6.06. The van der Waals surface area contributed by atoms with Crippen molar-refractivity contribution in [2.45, 2.75) is 187 Å². The van der Waals surface area contributed by atoms with Gasteiger partial charge >= 0.3 is 18.2 Å². The maximum Gasteiger partial charge on any atom is 0.412 e. The van der Waals surface area contributed by atoms with E-state index in [0.717, 1.165) is 30.6 Å². The van der Waals surface area contributed by atoms with Gasteiger partial charge in [-0.3, -0.25) is 39.0 Å². The van der Waals surface area contributed by atoms with Crippen LogP contribution in [0.2, 0.25) is 0 Å². The molecule has 0 saturated carbocycles. The molecule has 11 atom stereocenters. The van der Waals surface area contributed by atoms with Gasteiger partial charge in [0.25, 0.3) is 11.8 Å². The first kappa shape index (κ1) is 68.7. The highest BCUT2D eigenvalue weighted by Crippen LogP contribution is 2.31. The molecular weight excluding hydrogens is 1100 g/mol.